The summed E-state index contributed by atoms with van der Waals surface area (Å²) in [5.74, 6) is -1.05. The molecule has 1 atom stereocenters. The number of nitrogens with one attached hydrogen (secondary N) is 2. The first kappa shape index (κ1) is 22.0. The van der Waals surface area contributed by atoms with Crippen molar-refractivity contribution in [2.24, 2.45) is 4.99 Å². The van der Waals surface area contributed by atoms with E-state index in [9.17, 15) is 22.0 Å². The number of likely N-dealkylation sites (N-methyl/N-ethyl adjacent to an activating group) is 1. The first-order valence-electron chi connectivity index (χ1n) is 8.20. The SMILES string of the molecule is CN=C(NCc1nc(C(F)(F)F)cs1)NCC(c1c(F)cccc1F)N(C)C. The van der Waals surface area contributed by atoms with E-state index in [4.69, 9.17) is 0 Å². The predicted molar refractivity (Wildman–Crippen MR) is 98.1 cm³/mol. The maximum atomic E-state index is 14.1. The van der Waals surface area contributed by atoms with Crippen LogP contribution in [-0.4, -0.2) is 43.5 Å². The zero-order valence-electron chi connectivity index (χ0n) is 15.4. The van der Waals surface area contributed by atoms with Gasteiger partial charge in [0.05, 0.1) is 12.6 Å². The summed E-state index contributed by atoms with van der Waals surface area (Å²) < 4.78 is 66.0. The number of hydrogen-bond acceptors (Lipinski definition) is 4. The molecule has 28 heavy (non-hydrogen) atoms. The molecule has 0 saturated carbocycles. The number of benzene rings is 1. The van der Waals surface area contributed by atoms with E-state index < -0.39 is 29.5 Å². The lowest BCUT2D eigenvalue weighted by Gasteiger charge is -2.26. The van der Waals surface area contributed by atoms with Gasteiger partial charge in [0.1, 0.15) is 16.6 Å². The van der Waals surface area contributed by atoms with Gasteiger partial charge in [-0.2, -0.15) is 13.2 Å². The number of hydrogen-bond donors (Lipinski definition) is 2. The van der Waals surface area contributed by atoms with Crippen LogP contribution in [0.25, 0.3) is 0 Å². The number of halogens is 5. The second-order valence-corrected chi connectivity index (χ2v) is 6.99. The average Bonchev–Trinajstić information content (AvgIpc) is 3.09. The number of aliphatic imine (C=N–C) groups is 1. The molecule has 2 aromatic rings. The number of thiazole rings is 1. The minimum absolute atomic E-state index is 0.0289. The number of aromatic nitrogens is 1. The van der Waals surface area contributed by atoms with E-state index in [0.717, 1.165) is 16.7 Å². The Morgan fingerprint density at radius 3 is 2.36 bits per heavy atom. The molecule has 1 unspecified atom stereocenters. The third kappa shape index (κ3) is 5.61. The molecule has 11 heteroatoms. The van der Waals surface area contributed by atoms with E-state index in [1.807, 2.05) is 0 Å². The predicted octanol–water partition coefficient (Wildman–Crippen LogP) is 3.41. The molecule has 0 bridgehead atoms. The molecular formula is C17H20F5N5S. The molecule has 0 aliphatic rings. The molecule has 1 aromatic carbocycles. The largest absolute Gasteiger partial charge is 0.434 e. The van der Waals surface area contributed by atoms with E-state index in [0.29, 0.717) is 0 Å². The third-order valence-corrected chi connectivity index (χ3v) is 4.74. The van der Waals surface area contributed by atoms with Gasteiger partial charge in [-0.05, 0) is 26.2 Å². The van der Waals surface area contributed by atoms with Crippen molar-refractivity contribution in [3.05, 3.63) is 51.5 Å². The number of rotatable bonds is 6. The van der Waals surface area contributed by atoms with Crippen LogP contribution in [0.5, 0.6) is 0 Å². The maximum Gasteiger partial charge on any atom is 0.434 e. The molecule has 1 aromatic heterocycles. The molecule has 0 aliphatic carbocycles. The highest BCUT2D eigenvalue weighted by Gasteiger charge is 2.33. The molecule has 5 nitrogen and oxygen atoms in total. The smallest absolute Gasteiger partial charge is 0.354 e. The Labute approximate surface area is 163 Å². The summed E-state index contributed by atoms with van der Waals surface area (Å²) in [6, 6.07) is 3.03. The van der Waals surface area contributed by atoms with Crippen LogP contribution in [0.4, 0.5) is 22.0 Å². The fourth-order valence-corrected chi connectivity index (χ4v) is 3.21. The van der Waals surface area contributed by atoms with Crippen molar-refractivity contribution in [1.29, 1.82) is 0 Å². The van der Waals surface area contributed by atoms with Crippen LogP contribution in [0, 0.1) is 11.6 Å². The minimum atomic E-state index is -4.49. The first-order valence-corrected chi connectivity index (χ1v) is 9.08. The zero-order valence-corrected chi connectivity index (χ0v) is 16.3. The Bertz CT molecular complexity index is 798. The lowest BCUT2D eigenvalue weighted by molar-refractivity contribution is -0.140. The van der Waals surface area contributed by atoms with Gasteiger partial charge in [-0.15, -0.1) is 11.3 Å². The standard InChI is InChI=1S/C17H20F5N5S/c1-23-16(25-8-14-26-13(9-28-14)17(20,21)22)24-7-12(27(2)3)15-10(18)5-4-6-11(15)19/h4-6,9,12H,7-8H2,1-3H3,(H2,23,24,25). The van der Waals surface area contributed by atoms with Crippen molar-refractivity contribution < 1.29 is 22.0 Å². The van der Waals surface area contributed by atoms with Crippen molar-refractivity contribution in [2.75, 3.05) is 27.7 Å². The number of nitrogens with zero attached hydrogens (tertiary/aromatic N) is 3. The molecular weight excluding hydrogens is 401 g/mol. The summed E-state index contributed by atoms with van der Waals surface area (Å²) in [5.41, 5.74) is -1.02. The quantitative estimate of drug-likeness (QED) is 0.427. The summed E-state index contributed by atoms with van der Waals surface area (Å²) in [6.45, 7) is 0.150. The van der Waals surface area contributed by atoms with Crippen LogP contribution in [0.1, 0.15) is 22.3 Å². The number of alkyl halides is 3. The van der Waals surface area contributed by atoms with Crippen LogP contribution in [0.15, 0.2) is 28.6 Å². The van der Waals surface area contributed by atoms with Gasteiger partial charge in [0.2, 0.25) is 0 Å². The van der Waals surface area contributed by atoms with Gasteiger partial charge in [0.25, 0.3) is 0 Å². The van der Waals surface area contributed by atoms with Crippen molar-refractivity contribution in [1.82, 2.24) is 20.5 Å². The van der Waals surface area contributed by atoms with Crippen molar-refractivity contribution in [2.45, 2.75) is 18.8 Å². The fourth-order valence-electron chi connectivity index (χ4n) is 2.47. The molecule has 0 fully saturated rings. The zero-order chi connectivity index (χ0) is 20.9. The van der Waals surface area contributed by atoms with E-state index in [1.54, 1.807) is 19.0 Å². The van der Waals surface area contributed by atoms with Crippen LogP contribution in [0.3, 0.4) is 0 Å². The lowest BCUT2D eigenvalue weighted by atomic mass is 10.0. The lowest BCUT2D eigenvalue weighted by Crippen LogP contribution is -2.41. The Kier molecular flexibility index (Phi) is 7.30. The molecule has 0 saturated heterocycles. The van der Waals surface area contributed by atoms with Gasteiger partial charge in [-0.3, -0.25) is 4.99 Å². The molecule has 2 N–H and O–H groups in total. The Balaban J connectivity index is 2.01. The van der Waals surface area contributed by atoms with Gasteiger partial charge in [-0.1, -0.05) is 6.07 Å². The highest BCUT2D eigenvalue weighted by atomic mass is 32.1. The summed E-state index contributed by atoms with van der Waals surface area (Å²) in [7, 11) is 4.85. The molecule has 2 rings (SSSR count). The van der Waals surface area contributed by atoms with E-state index >= 15 is 0 Å². The molecule has 1 heterocycles. The van der Waals surface area contributed by atoms with Crippen molar-refractivity contribution in [3.63, 3.8) is 0 Å². The second-order valence-electron chi connectivity index (χ2n) is 6.05. The molecule has 0 spiro atoms. The Morgan fingerprint density at radius 1 is 1.21 bits per heavy atom. The maximum absolute atomic E-state index is 14.1. The number of guanidine groups is 1. The average molecular weight is 421 g/mol. The molecule has 154 valence electrons. The highest BCUT2D eigenvalue weighted by Crippen LogP contribution is 2.30. The Morgan fingerprint density at radius 2 is 1.86 bits per heavy atom. The van der Waals surface area contributed by atoms with Gasteiger partial charge >= 0.3 is 6.18 Å². The van der Waals surface area contributed by atoms with Gasteiger partial charge in [0, 0.05) is 24.5 Å². The van der Waals surface area contributed by atoms with Crippen LogP contribution < -0.4 is 10.6 Å². The Hall–Kier alpha value is -2.27. The minimum Gasteiger partial charge on any atom is -0.354 e. The summed E-state index contributed by atoms with van der Waals surface area (Å²) in [4.78, 5) is 9.15. The van der Waals surface area contributed by atoms with E-state index in [2.05, 4.69) is 20.6 Å². The van der Waals surface area contributed by atoms with Crippen molar-refractivity contribution >= 4 is 17.3 Å². The van der Waals surface area contributed by atoms with E-state index in [1.165, 1.54) is 25.2 Å². The van der Waals surface area contributed by atoms with Crippen LogP contribution in [0.2, 0.25) is 0 Å². The summed E-state index contributed by atoms with van der Waals surface area (Å²) in [5, 5.41) is 6.94. The molecule has 0 aliphatic heterocycles. The van der Waals surface area contributed by atoms with Crippen molar-refractivity contribution in [3.8, 4) is 0 Å². The van der Waals surface area contributed by atoms with Gasteiger partial charge in [-0.25, -0.2) is 13.8 Å². The second kappa shape index (κ2) is 9.28. The van der Waals surface area contributed by atoms with Crippen LogP contribution >= 0.6 is 11.3 Å². The molecule has 0 radical (unpaired) electrons. The third-order valence-electron chi connectivity index (χ3n) is 3.89. The summed E-state index contributed by atoms with van der Waals surface area (Å²) >= 11 is 0.875. The normalized spacial score (nSPS) is 13.7. The van der Waals surface area contributed by atoms with Crippen LogP contribution in [-0.2, 0) is 12.7 Å². The van der Waals surface area contributed by atoms with Gasteiger partial charge in [0.15, 0.2) is 11.7 Å². The fraction of sp³-hybridized carbons (Fsp3) is 0.412. The summed E-state index contributed by atoms with van der Waals surface area (Å²) in [6.07, 6.45) is -4.49. The highest BCUT2D eigenvalue weighted by molar-refractivity contribution is 7.09. The first-order chi connectivity index (χ1) is 13.1. The molecule has 0 amide bonds. The topological polar surface area (TPSA) is 52.6 Å². The van der Waals surface area contributed by atoms with Gasteiger partial charge < -0.3 is 15.5 Å². The monoisotopic (exact) mass is 421 g/mol. The van der Waals surface area contributed by atoms with E-state index in [-0.39, 0.29) is 29.6 Å².